The highest BCUT2D eigenvalue weighted by Crippen LogP contribution is 2.24. The Morgan fingerprint density at radius 2 is 0.864 bits per heavy atom. The Morgan fingerprint density at radius 1 is 0.568 bits per heavy atom. The molecule has 0 aliphatic carbocycles. The van der Waals surface area contributed by atoms with E-state index in [0.29, 0.717) is 0 Å². The number of carbonyl (C=O) groups excluding carboxylic acids is 6. The molecule has 2 atom stereocenters. The topological polar surface area (TPSA) is 208 Å². The predicted molar refractivity (Wildman–Crippen MR) is 159 cm³/mol. The van der Waals surface area contributed by atoms with Crippen molar-refractivity contribution in [3.63, 3.8) is 0 Å². The fraction of sp³-hybridized carbons (Fsp3) is 0.143. The van der Waals surface area contributed by atoms with Gasteiger partial charge < -0.3 is 20.8 Å². The molecule has 2 aromatic carbocycles. The average molecular weight is 639 g/mol. The number of hydrogen-bond acceptors (Lipinski definition) is 10. The van der Waals surface area contributed by atoms with Crippen molar-refractivity contribution in [3.8, 4) is 0 Å². The molecule has 0 fully saturated rings. The Balaban J connectivity index is 1.26. The van der Waals surface area contributed by atoms with Crippen molar-refractivity contribution in [3.05, 3.63) is 84.0 Å². The molecule has 0 spiro atoms. The molecule has 2 aliphatic rings. The van der Waals surface area contributed by atoms with Crippen LogP contribution in [0.5, 0.6) is 0 Å². The van der Waals surface area contributed by atoms with Gasteiger partial charge in [-0.2, -0.15) is 0 Å². The number of anilines is 2. The summed E-state index contributed by atoms with van der Waals surface area (Å²) in [6, 6.07) is 8.15. The van der Waals surface area contributed by atoms with Gasteiger partial charge in [-0.3, -0.25) is 28.8 Å². The number of nitrogens with zero attached hydrogens (tertiary/aromatic N) is 2. The molecule has 0 bridgehead atoms. The largest absolute Gasteiger partial charge is 0.480 e. The minimum atomic E-state index is -1.34. The highest BCUT2D eigenvalue weighted by Gasteiger charge is 2.28. The summed E-state index contributed by atoms with van der Waals surface area (Å²) in [6.45, 7) is 0. The number of imide groups is 2. The lowest BCUT2D eigenvalue weighted by molar-refractivity contribution is -0.139. The molecule has 226 valence electrons. The summed E-state index contributed by atoms with van der Waals surface area (Å²) in [5, 5.41) is 23.8. The number of aliphatic carboxylic acids is 2. The molecule has 16 heteroatoms. The van der Waals surface area contributed by atoms with E-state index in [4.69, 9.17) is 0 Å². The number of nitrogens with one attached hydrogen (secondary N) is 2. The van der Waals surface area contributed by atoms with Crippen LogP contribution in [0, 0.1) is 0 Å². The SMILES string of the molecule is O=C(NC(CSSCC(NC(=O)c1ccc(N2C(=O)C=CC2=O)cc1)C(=O)O)C(=O)O)c1ccc(N2C(=O)C=CC2=O)cc1. The Bertz CT molecular complexity index is 1450. The molecule has 14 nitrogen and oxygen atoms in total. The molecule has 6 amide bonds. The highest BCUT2D eigenvalue weighted by atomic mass is 33.1. The molecule has 0 radical (unpaired) electrons. The van der Waals surface area contributed by atoms with E-state index in [9.17, 15) is 48.6 Å². The summed E-state index contributed by atoms with van der Waals surface area (Å²) < 4.78 is 0. The maximum Gasteiger partial charge on any atom is 0.327 e. The Labute approximate surface area is 256 Å². The van der Waals surface area contributed by atoms with Crippen LogP contribution in [0.15, 0.2) is 72.8 Å². The maximum absolute atomic E-state index is 12.6. The number of benzene rings is 2. The fourth-order valence-corrected chi connectivity index (χ4v) is 6.21. The maximum atomic E-state index is 12.6. The first-order valence-corrected chi connectivity index (χ1v) is 15.1. The molecular weight excluding hydrogens is 616 g/mol. The van der Waals surface area contributed by atoms with Gasteiger partial charge in [0.25, 0.3) is 35.4 Å². The van der Waals surface area contributed by atoms with Crippen LogP contribution in [-0.2, 0) is 28.8 Å². The first-order valence-electron chi connectivity index (χ1n) is 12.6. The predicted octanol–water partition coefficient (Wildman–Crippen LogP) is 0.993. The Morgan fingerprint density at radius 3 is 1.14 bits per heavy atom. The van der Waals surface area contributed by atoms with Crippen LogP contribution in [0.3, 0.4) is 0 Å². The van der Waals surface area contributed by atoms with E-state index >= 15 is 0 Å². The van der Waals surface area contributed by atoms with Gasteiger partial charge in [-0.15, -0.1) is 0 Å². The fourth-order valence-electron chi connectivity index (χ4n) is 3.90. The third kappa shape index (κ3) is 7.40. The zero-order valence-electron chi connectivity index (χ0n) is 22.4. The smallest absolute Gasteiger partial charge is 0.327 e. The number of hydrogen-bond donors (Lipinski definition) is 4. The summed E-state index contributed by atoms with van der Waals surface area (Å²) in [6.07, 6.45) is 4.46. The van der Waals surface area contributed by atoms with E-state index in [1.165, 1.54) is 48.5 Å². The van der Waals surface area contributed by atoms with Crippen LogP contribution in [0.1, 0.15) is 20.7 Å². The van der Waals surface area contributed by atoms with Gasteiger partial charge in [0, 0.05) is 46.9 Å². The van der Waals surface area contributed by atoms with Crippen LogP contribution in [0.4, 0.5) is 11.4 Å². The first-order chi connectivity index (χ1) is 21.0. The van der Waals surface area contributed by atoms with E-state index in [2.05, 4.69) is 10.6 Å². The second kappa shape index (κ2) is 13.8. The first kappa shape index (κ1) is 31.7. The number of amides is 6. The minimum absolute atomic E-state index is 0.0849. The van der Waals surface area contributed by atoms with Crippen molar-refractivity contribution in [1.29, 1.82) is 0 Å². The van der Waals surface area contributed by atoms with Crippen LogP contribution >= 0.6 is 21.6 Å². The number of rotatable bonds is 13. The third-order valence-corrected chi connectivity index (χ3v) is 8.58. The van der Waals surface area contributed by atoms with Gasteiger partial charge in [-0.1, -0.05) is 21.6 Å². The second-order valence-corrected chi connectivity index (χ2v) is 11.6. The summed E-state index contributed by atoms with van der Waals surface area (Å²) in [4.78, 5) is 97.8. The molecule has 0 aromatic heterocycles. The Hall–Kier alpha value is -5.22. The van der Waals surface area contributed by atoms with E-state index in [-0.39, 0.29) is 34.0 Å². The van der Waals surface area contributed by atoms with Crippen LogP contribution in [0.2, 0.25) is 0 Å². The van der Waals surface area contributed by atoms with Crippen molar-refractivity contribution in [1.82, 2.24) is 10.6 Å². The quantitative estimate of drug-likeness (QED) is 0.138. The van der Waals surface area contributed by atoms with E-state index < -0.39 is 59.5 Å². The van der Waals surface area contributed by atoms with Gasteiger partial charge in [-0.05, 0) is 48.5 Å². The van der Waals surface area contributed by atoms with Gasteiger partial charge in [-0.25, -0.2) is 19.4 Å². The standard InChI is InChI=1S/C28H22N4O10S2/c33-21-9-10-22(34)31(21)17-5-1-15(2-6-17)25(37)29-19(27(39)40)13-43-44-14-20(28(41)42)30-26(38)16-3-7-18(8-4-16)32-23(35)11-12-24(32)36/h1-12,19-20H,13-14H2,(H,29,37)(H,30,38)(H,39,40)(H,41,42). The lowest BCUT2D eigenvalue weighted by atomic mass is 10.1. The Kier molecular flexibility index (Phi) is 9.97. The van der Waals surface area contributed by atoms with Gasteiger partial charge in [0.2, 0.25) is 0 Å². The lowest BCUT2D eigenvalue weighted by Crippen LogP contribution is -2.43. The minimum Gasteiger partial charge on any atom is -0.480 e. The molecule has 0 saturated heterocycles. The normalized spacial score (nSPS) is 15.5. The van der Waals surface area contributed by atoms with E-state index in [1.807, 2.05) is 0 Å². The zero-order valence-corrected chi connectivity index (χ0v) is 24.0. The molecule has 2 unspecified atom stereocenters. The highest BCUT2D eigenvalue weighted by molar-refractivity contribution is 8.76. The summed E-state index contributed by atoms with van der Waals surface area (Å²) in [5.74, 6) is -6.50. The van der Waals surface area contributed by atoms with E-state index in [1.54, 1.807) is 0 Å². The molecule has 4 rings (SSSR count). The molecular formula is C28H22N4O10S2. The molecule has 2 aliphatic heterocycles. The van der Waals surface area contributed by atoms with Crippen molar-refractivity contribution in [2.75, 3.05) is 21.3 Å². The summed E-state index contributed by atoms with van der Waals surface area (Å²) >= 11 is 0. The third-order valence-electron chi connectivity index (χ3n) is 6.15. The van der Waals surface area contributed by atoms with Crippen molar-refractivity contribution in [2.24, 2.45) is 0 Å². The molecule has 0 saturated carbocycles. The van der Waals surface area contributed by atoms with Crippen LogP contribution in [0.25, 0.3) is 0 Å². The van der Waals surface area contributed by atoms with Gasteiger partial charge in [0.1, 0.15) is 12.1 Å². The summed E-state index contributed by atoms with van der Waals surface area (Å²) in [5.41, 5.74) is 0.657. The van der Waals surface area contributed by atoms with Crippen molar-refractivity contribution in [2.45, 2.75) is 12.1 Å². The van der Waals surface area contributed by atoms with Gasteiger partial charge in [0.15, 0.2) is 0 Å². The van der Waals surface area contributed by atoms with E-state index in [0.717, 1.165) is 55.7 Å². The van der Waals surface area contributed by atoms with Gasteiger partial charge >= 0.3 is 11.9 Å². The number of carboxylic acids is 2. The van der Waals surface area contributed by atoms with Crippen LogP contribution in [-0.4, -0.2) is 81.2 Å². The monoisotopic (exact) mass is 638 g/mol. The lowest BCUT2D eigenvalue weighted by Gasteiger charge is -2.17. The zero-order chi connectivity index (χ0) is 32.0. The van der Waals surface area contributed by atoms with Crippen LogP contribution < -0.4 is 20.4 Å². The second-order valence-electron chi connectivity index (χ2n) is 9.08. The molecule has 2 aromatic rings. The molecule has 2 heterocycles. The molecule has 4 N–H and O–H groups in total. The van der Waals surface area contributed by atoms with Crippen molar-refractivity contribution < 1.29 is 48.6 Å². The van der Waals surface area contributed by atoms with Crippen molar-refractivity contribution >= 4 is 80.3 Å². The number of carboxylic acid groups (broad SMARTS) is 2. The molecule has 44 heavy (non-hydrogen) atoms. The average Bonchev–Trinajstić information content (AvgIpc) is 3.52. The number of carbonyl (C=O) groups is 8. The summed E-state index contributed by atoms with van der Waals surface area (Å²) in [7, 11) is 1.95. The van der Waals surface area contributed by atoms with Gasteiger partial charge in [0.05, 0.1) is 11.4 Å².